The molecule has 2 aromatic rings. The maximum Gasteiger partial charge on any atom is 0.274 e. The summed E-state index contributed by atoms with van der Waals surface area (Å²) in [6.45, 7) is 7.15. The number of rotatable bonds is 6. The average molecular weight is 332 g/mol. The van der Waals surface area contributed by atoms with Gasteiger partial charge in [-0.25, -0.2) is 0 Å². The lowest BCUT2D eigenvalue weighted by Crippen LogP contribution is -2.15. The first-order chi connectivity index (χ1) is 11.0. The lowest BCUT2D eigenvalue weighted by atomic mass is 10.1. The van der Waals surface area contributed by atoms with Gasteiger partial charge in [0.2, 0.25) is 0 Å². The van der Waals surface area contributed by atoms with Crippen LogP contribution >= 0.6 is 11.6 Å². The van der Waals surface area contributed by atoms with E-state index in [1.807, 2.05) is 19.1 Å². The SMILES string of the molecule is Cc1ccc(Cl)cc1NC(=O)c1cc(NCCC(C)C)ccn1. The first-order valence-corrected chi connectivity index (χ1v) is 8.11. The molecule has 0 atom stereocenters. The van der Waals surface area contributed by atoms with Crippen LogP contribution < -0.4 is 10.6 Å². The van der Waals surface area contributed by atoms with Crippen molar-refractivity contribution in [3.05, 3.63) is 52.8 Å². The minimum atomic E-state index is -0.247. The van der Waals surface area contributed by atoms with Gasteiger partial charge in [-0.1, -0.05) is 31.5 Å². The van der Waals surface area contributed by atoms with E-state index in [9.17, 15) is 4.79 Å². The Hall–Kier alpha value is -2.07. The number of carbonyl (C=O) groups excluding carboxylic acids is 1. The lowest BCUT2D eigenvalue weighted by Gasteiger charge is -2.11. The number of hydrogen-bond acceptors (Lipinski definition) is 3. The number of nitrogens with zero attached hydrogens (tertiary/aromatic N) is 1. The number of anilines is 2. The molecule has 0 spiro atoms. The Labute approximate surface area is 142 Å². The minimum Gasteiger partial charge on any atom is -0.385 e. The van der Waals surface area contributed by atoms with Crippen molar-refractivity contribution in [1.82, 2.24) is 4.98 Å². The lowest BCUT2D eigenvalue weighted by molar-refractivity contribution is 0.102. The number of benzene rings is 1. The highest BCUT2D eigenvalue weighted by molar-refractivity contribution is 6.31. The summed E-state index contributed by atoms with van der Waals surface area (Å²) in [5.74, 6) is 0.390. The van der Waals surface area contributed by atoms with Crippen molar-refractivity contribution >= 4 is 28.9 Å². The Morgan fingerprint density at radius 2 is 2.04 bits per heavy atom. The van der Waals surface area contributed by atoms with Crippen molar-refractivity contribution < 1.29 is 4.79 Å². The number of hydrogen-bond donors (Lipinski definition) is 2. The third kappa shape index (κ3) is 5.25. The highest BCUT2D eigenvalue weighted by Crippen LogP contribution is 2.21. The summed E-state index contributed by atoms with van der Waals surface area (Å²) in [4.78, 5) is 16.5. The maximum atomic E-state index is 12.4. The van der Waals surface area contributed by atoms with Gasteiger partial charge < -0.3 is 10.6 Å². The molecule has 122 valence electrons. The van der Waals surface area contributed by atoms with Crippen LogP contribution in [0.2, 0.25) is 5.02 Å². The van der Waals surface area contributed by atoms with Crippen molar-refractivity contribution in [2.24, 2.45) is 5.92 Å². The van der Waals surface area contributed by atoms with Crippen LogP contribution in [0.1, 0.15) is 36.3 Å². The first-order valence-electron chi connectivity index (χ1n) is 7.73. The molecule has 0 radical (unpaired) electrons. The van der Waals surface area contributed by atoms with E-state index < -0.39 is 0 Å². The van der Waals surface area contributed by atoms with E-state index in [4.69, 9.17) is 11.6 Å². The number of nitrogens with one attached hydrogen (secondary N) is 2. The monoisotopic (exact) mass is 331 g/mol. The van der Waals surface area contributed by atoms with Crippen LogP contribution in [0.15, 0.2) is 36.5 Å². The van der Waals surface area contributed by atoms with Crippen molar-refractivity contribution in [3.63, 3.8) is 0 Å². The van der Waals surface area contributed by atoms with Crippen molar-refractivity contribution in [2.45, 2.75) is 27.2 Å². The molecular weight excluding hydrogens is 310 g/mol. The summed E-state index contributed by atoms with van der Waals surface area (Å²) in [6, 6.07) is 9.02. The molecule has 5 heteroatoms. The number of carbonyl (C=O) groups is 1. The quantitative estimate of drug-likeness (QED) is 0.802. The van der Waals surface area contributed by atoms with Crippen LogP contribution in [0.3, 0.4) is 0 Å². The zero-order valence-electron chi connectivity index (χ0n) is 13.7. The molecule has 0 saturated carbocycles. The molecule has 0 unspecified atom stereocenters. The van der Waals surface area contributed by atoms with E-state index in [1.54, 1.807) is 24.4 Å². The van der Waals surface area contributed by atoms with Crippen LogP contribution in [-0.2, 0) is 0 Å². The summed E-state index contributed by atoms with van der Waals surface area (Å²) in [5, 5.41) is 6.76. The number of amides is 1. The van der Waals surface area contributed by atoms with Gasteiger partial charge in [-0.15, -0.1) is 0 Å². The summed E-state index contributed by atoms with van der Waals surface area (Å²) in [6.07, 6.45) is 2.71. The number of halogens is 1. The van der Waals surface area contributed by atoms with Crippen molar-refractivity contribution in [1.29, 1.82) is 0 Å². The highest BCUT2D eigenvalue weighted by atomic mass is 35.5. The molecule has 2 rings (SSSR count). The largest absolute Gasteiger partial charge is 0.385 e. The Kier molecular flexibility index (Phi) is 5.99. The van der Waals surface area contributed by atoms with E-state index in [2.05, 4.69) is 29.5 Å². The fraction of sp³-hybridized carbons (Fsp3) is 0.333. The third-order valence-corrected chi connectivity index (χ3v) is 3.73. The van der Waals surface area contributed by atoms with E-state index in [0.717, 1.165) is 24.2 Å². The van der Waals surface area contributed by atoms with Crippen molar-refractivity contribution in [2.75, 3.05) is 17.2 Å². The van der Waals surface area contributed by atoms with Gasteiger partial charge in [0.05, 0.1) is 0 Å². The molecule has 0 saturated heterocycles. The Balaban J connectivity index is 2.06. The van der Waals surface area contributed by atoms with Crippen LogP contribution in [0.5, 0.6) is 0 Å². The summed E-state index contributed by atoms with van der Waals surface area (Å²) < 4.78 is 0. The molecule has 0 aliphatic rings. The van der Waals surface area contributed by atoms with Crippen LogP contribution in [-0.4, -0.2) is 17.4 Å². The second-order valence-electron chi connectivity index (χ2n) is 5.95. The molecule has 23 heavy (non-hydrogen) atoms. The van der Waals surface area contributed by atoms with Gasteiger partial charge in [0.15, 0.2) is 0 Å². The average Bonchev–Trinajstić information content (AvgIpc) is 2.51. The van der Waals surface area contributed by atoms with Crippen molar-refractivity contribution in [3.8, 4) is 0 Å². The normalized spacial score (nSPS) is 10.7. The zero-order chi connectivity index (χ0) is 16.8. The van der Waals surface area contributed by atoms with E-state index >= 15 is 0 Å². The number of aryl methyl sites for hydroxylation is 1. The molecule has 0 aliphatic heterocycles. The van der Waals surface area contributed by atoms with E-state index in [1.165, 1.54) is 0 Å². The summed E-state index contributed by atoms with van der Waals surface area (Å²) >= 11 is 5.98. The Bertz CT molecular complexity index is 686. The number of aromatic nitrogens is 1. The van der Waals surface area contributed by atoms with E-state index in [0.29, 0.717) is 22.3 Å². The van der Waals surface area contributed by atoms with Gasteiger partial charge in [-0.2, -0.15) is 0 Å². The molecule has 2 N–H and O–H groups in total. The minimum absolute atomic E-state index is 0.247. The molecule has 0 bridgehead atoms. The van der Waals surface area contributed by atoms with Gasteiger partial charge in [-0.05, 0) is 49.1 Å². The maximum absolute atomic E-state index is 12.4. The third-order valence-electron chi connectivity index (χ3n) is 3.49. The Morgan fingerprint density at radius 1 is 1.26 bits per heavy atom. The predicted octanol–water partition coefficient (Wildman–Crippen LogP) is 4.75. The second kappa shape index (κ2) is 7.97. The molecular formula is C18H22ClN3O. The molecule has 4 nitrogen and oxygen atoms in total. The van der Waals surface area contributed by atoms with Gasteiger partial charge in [-0.3, -0.25) is 9.78 Å². The molecule has 1 amide bonds. The van der Waals surface area contributed by atoms with Crippen LogP contribution in [0, 0.1) is 12.8 Å². The molecule has 0 fully saturated rings. The van der Waals surface area contributed by atoms with Gasteiger partial charge in [0.1, 0.15) is 5.69 Å². The molecule has 0 aliphatic carbocycles. The van der Waals surface area contributed by atoms with Gasteiger partial charge in [0, 0.05) is 29.1 Å². The molecule has 1 aromatic heterocycles. The smallest absolute Gasteiger partial charge is 0.274 e. The second-order valence-corrected chi connectivity index (χ2v) is 6.39. The van der Waals surface area contributed by atoms with Gasteiger partial charge >= 0.3 is 0 Å². The summed E-state index contributed by atoms with van der Waals surface area (Å²) in [7, 11) is 0. The molecule has 1 heterocycles. The standard InChI is InChI=1S/C18H22ClN3O/c1-12(2)6-8-20-15-7-9-21-17(11-15)18(23)22-16-10-14(19)5-4-13(16)3/h4-5,7,9-12H,6,8H2,1-3H3,(H,20,21)(H,22,23). The van der Waals surface area contributed by atoms with E-state index in [-0.39, 0.29) is 5.91 Å². The fourth-order valence-corrected chi connectivity index (χ4v) is 2.26. The zero-order valence-corrected chi connectivity index (χ0v) is 14.4. The molecule has 1 aromatic carbocycles. The predicted molar refractivity (Wildman–Crippen MR) is 96.3 cm³/mol. The fourth-order valence-electron chi connectivity index (χ4n) is 2.09. The first kappa shape index (κ1) is 17.3. The Morgan fingerprint density at radius 3 is 2.78 bits per heavy atom. The summed E-state index contributed by atoms with van der Waals surface area (Å²) in [5.41, 5.74) is 2.92. The number of pyridine rings is 1. The highest BCUT2D eigenvalue weighted by Gasteiger charge is 2.10. The van der Waals surface area contributed by atoms with Gasteiger partial charge in [0.25, 0.3) is 5.91 Å². The topological polar surface area (TPSA) is 54.0 Å². The van der Waals surface area contributed by atoms with Crippen LogP contribution in [0.25, 0.3) is 0 Å². The van der Waals surface area contributed by atoms with Crippen LogP contribution in [0.4, 0.5) is 11.4 Å².